The number of methoxy groups -OCH3 is 1. The van der Waals surface area contributed by atoms with Crippen molar-refractivity contribution in [2.75, 3.05) is 19.0 Å². The second-order valence-electron chi connectivity index (χ2n) is 5.16. The summed E-state index contributed by atoms with van der Waals surface area (Å²) in [7, 11) is 1.28. The van der Waals surface area contributed by atoms with Crippen LogP contribution in [-0.2, 0) is 14.3 Å². The van der Waals surface area contributed by atoms with E-state index in [0.29, 0.717) is 25.6 Å². The average molecular weight is 497 g/mol. The molecule has 6 nitrogen and oxygen atoms in total. The van der Waals surface area contributed by atoms with E-state index in [0.717, 1.165) is 0 Å². The van der Waals surface area contributed by atoms with Gasteiger partial charge in [0.25, 0.3) is 5.91 Å². The average Bonchev–Trinajstić information content (AvgIpc) is 2.66. The van der Waals surface area contributed by atoms with Gasteiger partial charge in [0.15, 0.2) is 6.61 Å². The SMILES string of the molecule is COC(=O)COc1ccc(/C=C(\C#N)C(=O)Nc2ccccc2Cl)cc1I. The van der Waals surface area contributed by atoms with E-state index in [4.69, 9.17) is 16.3 Å². The molecule has 0 heterocycles. The molecule has 0 aliphatic heterocycles. The first kappa shape index (κ1) is 20.7. The molecule has 2 aromatic rings. The lowest BCUT2D eigenvalue weighted by atomic mass is 10.1. The van der Waals surface area contributed by atoms with Crippen LogP contribution in [0.1, 0.15) is 5.56 Å². The van der Waals surface area contributed by atoms with Crippen molar-refractivity contribution in [2.24, 2.45) is 0 Å². The molecule has 0 atom stereocenters. The first-order valence-electron chi connectivity index (χ1n) is 7.61. The zero-order valence-electron chi connectivity index (χ0n) is 14.2. The summed E-state index contributed by atoms with van der Waals surface area (Å²) in [5.41, 5.74) is 0.982. The van der Waals surface area contributed by atoms with Crippen LogP contribution in [0.2, 0.25) is 5.02 Å². The number of carbonyl (C=O) groups is 2. The third-order valence-corrected chi connectivity index (χ3v) is 4.50. The van der Waals surface area contributed by atoms with E-state index in [-0.39, 0.29) is 12.2 Å². The van der Waals surface area contributed by atoms with Gasteiger partial charge in [0, 0.05) is 0 Å². The molecule has 1 N–H and O–H groups in total. The zero-order valence-corrected chi connectivity index (χ0v) is 17.1. The molecule has 138 valence electrons. The van der Waals surface area contributed by atoms with Gasteiger partial charge < -0.3 is 14.8 Å². The number of hydrogen-bond acceptors (Lipinski definition) is 5. The van der Waals surface area contributed by atoms with E-state index in [1.54, 1.807) is 42.5 Å². The van der Waals surface area contributed by atoms with Gasteiger partial charge in [-0.15, -0.1) is 0 Å². The molecule has 0 unspecified atom stereocenters. The maximum absolute atomic E-state index is 12.3. The number of amides is 1. The normalized spacial score (nSPS) is 10.7. The van der Waals surface area contributed by atoms with Crippen molar-refractivity contribution >= 4 is 57.8 Å². The summed E-state index contributed by atoms with van der Waals surface area (Å²) >= 11 is 8.05. The number of esters is 1. The van der Waals surface area contributed by atoms with Crippen LogP contribution < -0.4 is 10.1 Å². The minimum absolute atomic E-state index is 0.0750. The third-order valence-electron chi connectivity index (χ3n) is 3.33. The zero-order chi connectivity index (χ0) is 19.8. The highest BCUT2D eigenvalue weighted by molar-refractivity contribution is 14.1. The van der Waals surface area contributed by atoms with Crippen LogP contribution in [0.15, 0.2) is 48.0 Å². The number of benzene rings is 2. The van der Waals surface area contributed by atoms with E-state index in [2.05, 4.69) is 10.1 Å². The van der Waals surface area contributed by atoms with Crippen LogP contribution in [0, 0.1) is 14.9 Å². The van der Waals surface area contributed by atoms with Gasteiger partial charge in [0.2, 0.25) is 0 Å². The lowest BCUT2D eigenvalue weighted by Crippen LogP contribution is -2.14. The lowest BCUT2D eigenvalue weighted by molar-refractivity contribution is -0.142. The Labute approximate surface area is 174 Å². The van der Waals surface area contributed by atoms with Crippen molar-refractivity contribution < 1.29 is 19.1 Å². The summed E-state index contributed by atoms with van der Waals surface area (Å²) in [6.45, 7) is -0.203. The van der Waals surface area contributed by atoms with Gasteiger partial charge in [0.05, 0.1) is 21.4 Å². The first-order chi connectivity index (χ1) is 12.9. The van der Waals surface area contributed by atoms with Gasteiger partial charge in [-0.3, -0.25) is 4.79 Å². The van der Waals surface area contributed by atoms with E-state index < -0.39 is 11.9 Å². The molecular weight excluding hydrogens is 483 g/mol. The van der Waals surface area contributed by atoms with Crippen LogP contribution in [0.25, 0.3) is 6.08 Å². The predicted octanol–water partition coefficient (Wildman–Crippen LogP) is 4.04. The van der Waals surface area contributed by atoms with Gasteiger partial charge in [-0.25, -0.2) is 4.79 Å². The largest absolute Gasteiger partial charge is 0.481 e. The monoisotopic (exact) mass is 496 g/mol. The van der Waals surface area contributed by atoms with Gasteiger partial charge in [-0.1, -0.05) is 29.8 Å². The van der Waals surface area contributed by atoms with Crippen molar-refractivity contribution in [1.82, 2.24) is 0 Å². The molecule has 0 saturated heterocycles. The fourth-order valence-electron chi connectivity index (χ4n) is 1.99. The smallest absolute Gasteiger partial charge is 0.343 e. The summed E-state index contributed by atoms with van der Waals surface area (Å²) in [5.74, 6) is -0.554. The van der Waals surface area contributed by atoms with Gasteiger partial charge in [0.1, 0.15) is 17.4 Å². The van der Waals surface area contributed by atoms with Gasteiger partial charge in [-0.05, 0) is 58.5 Å². The molecule has 0 fully saturated rings. The van der Waals surface area contributed by atoms with Gasteiger partial charge in [-0.2, -0.15) is 5.26 Å². The molecule has 8 heteroatoms. The van der Waals surface area contributed by atoms with E-state index in [1.165, 1.54) is 13.2 Å². The Hall–Kier alpha value is -2.57. The summed E-state index contributed by atoms with van der Waals surface area (Å²) in [6.07, 6.45) is 1.46. The second-order valence-corrected chi connectivity index (χ2v) is 6.73. The molecule has 2 rings (SSSR count). The van der Waals surface area contributed by atoms with Gasteiger partial charge >= 0.3 is 5.97 Å². The Morgan fingerprint density at radius 3 is 2.67 bits per heavy atom. The first-order valence-corrected chi connectivity index (χ1v) is 9.07. The quantitative estimate of drug-likeness (QED) is 0.282. The molecule has 0 saturated carbocycles. The van der Waals surface area contributed by atoms with Crippen molar-refractivity contribution in [3.63, 3.8) is 0 Å². The number of nitrogens with one attached hydrogen (secondary N) is 1. The highest BCUT2D eigenvalue weighted by atomic mass is 127. The summed E-state index contributed by atoms with van der Waals surface area (Å²) in [4.78, 5) is 23.5. The Morgan fingerprint density at radius 2 is 2.04 bits per heavy atom. The number of halogens is 2. The van der Waals surface area contributed by atoms with E-state index in [1.807, 2.05) is 28.7 Å². The van der Waals surface area contributed by atoms with Crippen LogP contribution in [0.5, 0.6) is 5.75 Å². The topological polar surface area (TPSA) is 88.4 Å². The minimum atomic E-state index is -0.563. The standard InChI is InChI=1S/C19H14ClIN2O4/c1-26-18(24)11-27-17-7-6-12(9-15(17)21)8-13(10-22)19(25)23-16-5-3-2-4-14(16)20/h2-9H,11H2,1H3,(H,23,25)/b13-8+. The number of para-hydroxylation sites is 1. The van der Waals surface area contributed by atoms with Crippen molar-refractivity contribution in [3.05, 3.63) is 62.2 Å². The highest BCUT2D eigenvalue weighted by Gasteiger charge is 2.12. The molecule has 0 spiro atoms. The van der Waals surface area contributed by atoms with E-state index in [9.17, 15) is 14.9 Å². The Morgan fingerprint density at radius 1 is 1.30 bits per heavy atom. The summed E-state index contributed by atoms with van der Waals surface area (Å²) < 4.78 is 10.6. The highest BCUT2D eigenvalue weighted by Crippen LogP contribution is 2.24. The fourth-order valence-corrected chi connectivity index (χ4v) is 2.87. The summed E-state index contributed by atoms with van der Waals surface area (Å²) in [5, 5.41) is 12.3. The number of carbonyl (C=O) groups excluding carboxylic acids is 2. The molecule has 0 aromatic heterocycles. The van der Waals surface area contributed by atoms with Crippen LogP contribution in [-0.4, -0.2) is 25.6 Å². The Kier molecular flexibility index (Phi) is 7.64. The molecule has 0 aliphatic rings. The van der Waals surface area contributed by atoms with Crippen LogP contribution >= 0.6 is 34.2 Å². The molecule has 1 amide bonds. The Balaban J connectivity index is 2.16. The van der Waals surface area contributed by atoms with Crippen LogP contribution in [0.4, 0.5) is 5.69 Å². The molecule has 27 heavy (non-hydrogen) atoms. The molecular formula is C19H14ClIN2O4. The second kappa shape index (κ2) is 9.94. The number of rotatable bonds is 6. The third kappa shape index (κ3) is 5.98. The van der Waals surface area contributed by atoms with Crippen LogP contribution in [0.3, 0.4) is 0 Å². The maximum Gasteiger partial charge on any atom is 0.343 e. The van der Waals surface area contributed by atoms with E-state index >= 15 is 0 Å². The number of nitriles is 1. The number of ether oxygens (including phenoxy) is 2. The molecule has 0 aliphatic carbocycles. The number of nitrogens with zero attached hydrogens (tertiary/aromatic N) is 1. The Bertz CT molecular complexity index is 938. The molecule has 2 aromatic carbocycles. The number of hydrogen-bond donors (Lipinski definition) is 1. The number of anilines is 1. The summed E-state index contributed by atoms with van der Waals surface area (Å²) in [6, 6.07) is 13.7. The van der Waals surface area contributed by atoms with Crippen molar-refractivity contribution in [3.8, 4) is 11.8 Å². The van der Waals surface area contributed by atoms with Crippen molar-refractivity contribution in [2.45, 2.75) is 0 Å². The molecule has 0 bridgehead atoms. The maximum atomic E-state index is 12.3. The fraction of sp³-hybridized carbons (Fsp3) is 0.105. The molecule has 0 radical (unpaired) electrons. The minimum Gasteiger partial charge on any atom is -0.481 e. The lowest BCUT2D eigenvalue weighted by Gasteiger charge is -2.08. The predicted molar refractivity (Wildman–Crippen MR) is 110 cm³/mol. The van der Waals surface area contributed by atoms with Crippen molar-refractivity contribution in [1.29, 1.82) is 5.26 Å².